The Morgan fingerprint density at radius 3 is 2.15 bits per heavy atom. The van der Waals surface area contributed by atoms with Crippen LogP contribution in [0.3, 0.4) is 0 Å². The normalized spacial score (nSPS) is 11.6. The summed E-state index contributed by atoms with van der Waals surface area (Å²) in [6.45, 7) is 9.25. The Bertz CT molecular complexity index is 869. The molecule has 0 fully saturated rings. The first-order valence-corrected chi connectivity index (χ1v) is 8.85. The number of hydrogen-bond acceptors (Lipinski definition) is 4. The minimum absolute atomic E-state index is 0.118. The quantitative estimate of drug-likeness (QED) is 0.624. The van der Waals surface area contributed by atoms with E-state index in [1.54, 1.807) is 31.2 Å². The molecule has 0 radical (unpaired) electrons. The molecule has 0 aromatic heterocycles. The predicted octanol–water partition coefficient (Wildman–Crippen LogP) is 3.68. The second-order valence-corrected chi connectivity index (χ2v) is 6.77. The van der Waals surface area contributed by atoms with E-state index in [1.807, 2.05) is 32.9 Å². The van der Waals surface area contributed by atoms with Gasteiger partial charge in [0.1, 0.15) is 0 Å². The summed E-state index contributed by atoms with van der Waals surface area (Å²) in [7, 11) is 0. The molecule has 142 valence electrons. The molecule has 0 bridgehead atoms. The Hall–Kier alpha value is -2.95. The SMILES string of the molecule is CC(=O)NCc1ccc(C(=O)OC(C)C(=O)c2cc(C)c(C)cc2C)cc1. The molecule has 0 spiro atoms. The van der Waals surface area contributed by atoms with E-state index in [2.05, 4.69) is 5.32 Å². The number of esters is 1. The van der Waals surface area contributed by atoms with Gasteiger partial charge >= 0.3 is 5.97 Å². The molecule has 1 N–H and O–H groups in total. The molecule has 0 aliphatic carbocycles. The summed E-state index contributed by atoms with van der Waals surface area (Å²) in [5, 5.41) is 2.69. The number of Topliss-reactive ketones (excluding diaryl/α,β-unsaturated/α-hetero) is 1. The van der Waals surface area contributed by atoms with Crippen LogP contribution in [0.15, 0.2) is 36.4 Å². The number of aryl methyl sites for hydroxylation is 3. The van der Waals surface area contributed by atoms with Crippen LogP contribution in [0.2, 0.25) is 0 Å². The number of rotatable bonds is 6. The van der Waals surface area contributed by atoms with Crippen LogP contribution in [0, 0.1) is 20.8 Å². The van der Waals surface area contributed by atoms with E-state index in [1.165, 1.54) is 6.92 Å². The summed E-state index contributed by atoms with van der Waals surface area (Å²) >= 11 is 0. The number of benzene rings is 2. The molecular weight excluding hydrogens is 342 g/mol. The average molecular weight is 367 g/mol. The Kier molecular flexibility index (Phi) is 6.50. The molecule has 0 saturated carbocycles. The number of ether oxygens (including phenoxy) is 1. The molecule has 2 rings (SSSR count). The predicted molar refractivity (Wildman–Crippen MR) is 104 cm³/mol. The van der Waals surface area contributed by atoms with Gasteiger partial charge in [-0.3, -0.25) is 9.59 Å². The van der Waals surface area contributed by atoms with Gasteiger partial charge in [0.05, 0.1) is 5.56 Å². The van der Waals surface area contributed by atoms with Crippen molar-refractivity contribution in [1.82, 2.24) is 5.32 Å². The first-order valence-electron chi connectivity index (χ1n) is 8.85. The van der Waals surface area contributed by atoms with Gasteiger partial charge in [0.25, 0.3) is 0 Å². The number of hydrogen-bond donors (Lipinski definition) is 1. The average Bonchev–Trinajstić information content (AvgIpc) is 2.62. The first kappa shape index (κ1) is 20.4. The second-order valence-electron chi connectivity index (χ2n) is 6.77. The fraction of sp³-hybridized carbons (Fsp3) is 0.318. The lowest BCUT2D eigenvalue weighted by Gasteiger charge is -2.15. The molecule has 5 nitrogen and oxygen atoms in total. The molecule has 27 heavy (non-hydrogen) atoms. The second kappa shape index (κ2) is 8.62. The zero-order chi connectivity index (χ0) is 20.1. The lowest BCUT2D eigenvalue weighted by molar-refractivity contribution is -0.119. The molecular formula is C22H25NO4. The third kappa shape index (κ3) is 5.26. The largest absolute Gasteiger partial charge is 0.451 e. The first-order chi connectivity index (χ1) is 12.7. The van der Waals surface area contributed by atoms with Crippen molar-refractivity contribution in [2.24, 2.45) is 0 Å². The highest BCUT2D eigenvalue weighted by Crippen LogP contribution is 2.18. The topological polar surface area (TPSA) is 72.5 Å². The summed E-state index contributed by atoms with van der Waals surface area (Å²) in [5.74, 6) is -0.887. The standard InChI is InChI=1S/C22H25NO4/c1-13-10-15(3)20(11-14(13)2)21(25)16(4)27-22(26)19-8-6-18(7-9-19)12-23-17(5)24/h6-11,16H,12H2,1-5H3,(H,23,24). The van der Waals surface area contributed by atoms with Gasteiger partial charge in [-0.25, -0.2) is 4.79 Å². The number of carbonyl (C=O) groups excluding carboxylic acids is 3. The van der Waals surface area contributed by atoms with Crippen molar-refractivity contribution >= 4 is 17.7 Å². The summed E-state index contributed by atoms with van der Waals surface area (Å²) in [6.07, 6.45) is -0.877. The van der Waals surface area contributed by atoms with Gasteiger partial charge in [0, 0.05) is 19.0 Å². The molecule has 0 aliphatic heterocycles. The lowest BCUT2D eigenvalue weighted by Crippen LogP contribution is -2.25. The molecule has 2 aromatic rings. The number of nitrogens with one attached hydrogen (secondary N) is 1. The van der Waals surface area contributed by atoms with Gasteiger partial charge in [-0.2, -0.15) is 0 Å². The Balaban J connectivity index is 2.05. The van der Waals surface area contributed by atoms with E-state index in [0.29, 0.717) is 17.7 Å². The van der Waals surface area contributed by atoms with E-state index >= 15 is 0 Å². The molecule has 1 amide bonds. The van der Waals surface area contributed by atoms with Gasteiger partial charge in [0.2, 0.25) is 11.7 Å². The monoisotopic (exact) mass is 367 g/mol. The highest BCUT2D eigenvalue weighted by molar-refractivity contribution is 6.02. The smallest absolute Gasteiger partial charge is 0.338 e. The van der Waals surface area contributed by atoms with Gasteiger partial charge in [-0.1, -0.05) is 18.2 Å². The van der Waals surface area contributed by atoms with Crippen LogP contribution in [0.1, 0.15) is 56.8 Å². The molecule has 0 aliphatic rings. The highest BCUT2D eigenvalue weighted by Gasteiger charge is 2.22. The van der Waals surface area contributed by atoms with Crippen molar-refractivity contribution in [2.75, 3.05) is 0 Å². The zero-order valence-corrected chi connectivity index (χ0v) is 16.4. The molecule has 0 saturated heterocycles. The minimum atomic E-state index is -0.877. The zero-order valence-electron chi connectivity index (χ0n) is 16.4. The maximum absolute atomic E-state index is 12.7. The molecule has 1 atom stereocenters. The fourth-order valence-electron chi connectivity index (χ4n) is 2.71. The van der Waals surface area contributed by atoms with Crippen LogP contribution < -0.4 is 5.32 Å². The summed E-state index contributed by atoms with van der Waals surface area (Å²) in [4.78, 5) is 36.0. The van der Waals surface area contributed by atoms with E-state index < -0.39 is 12.1 Å². The Morgan fingerprint density at radius 1 is 0.963 bits per heavy atom. The van der Waals surface area contributed by atoms with E-state index in [-0.39, 0.29) is 11.7 Å². The third-order valence-electron chi connectivity index (χ3n) is 4.49. The van der Waals surface area contributed by atoms with Crippen molar-refractivity contribution in [3.8, 4) is 0 Å². The highest BCUT2D eigenvalue weighted by atomic mass is 16.5. The van der Waals surface area contributed by atoms with Crippen molar-refractivity contribution in [1.29, 1.82) is 0 Å². The number of ketones is 1. The van der Waals surface area contributed by atoms with Crippen LogP contribution >= 0.6 is 0 Å². The van der Waals surface area contributed by atoms with Gasteiger partial charge in [-0.15, -0.1) is 0 Å². The van der Waals surface area contributed by atoms with E-state index in [9.17, 15) is 14.4 Å². The molecule has 2 aromatic carbocycles. The van der Waals surface area contributed by atoms with Gasteiger partial charge in [-0.05, 0) is 68.1 Å². The van der Waals surface area contributed by atoms with Crippen molar-refractivity contribution in [2.45, 2.75) is 47.3 Å². The minimum Gasteiger partial charge on any atom is -0.451 e. The maximum atomic E-state index is 12.7. The summed E-state index contributed by atoms with van der Waals surface area (Å²) < 4.78 is 5.36. The Labute approximate surface area is 159 Å². The van der Waals surface area contributed by atoms with Crippen LogP contribution in [0.5, 0.6) is 0 Å². The van der Waals surface area contributed by atoms with Crippen LogP contribution in [0.4, 0.5) is 0 Å². The van der Waals surface area contributed by atoms with Crippen LogP contribution in [-0.2, 0) is 16.1 Å². The third-order valence-corrected chi connectivity index (χ3v) is 4.49. The van der Waals surface area contributed by atoms with Gasteiger partial charge in [0.15, 0.2) is 6.10 Å². The maximum Gasteiger partial charge on any atom is 0.338 e. The molecule has 1 unspecified atom stereocenters. The van der Waals surface area contributed by atoms with Crippen molar-refractivity contribution in [3.05, 3.63) is 69.8 Å². The molecule has 0 heterocycles. The van der Waals surface area contributed by atoms with Gasteiger partial charge < -0.3 is 10.1 Å². The Morgan fingerprint density at radius 2 is 1.56 bits per heavy atom. The van der Waals surface area contributed by atoms with Crippen molar-refractivity contribution < 1.29 is 19.1 Å². The fourth-order valence-corrected chi connectivity index (χ4v) is 2.71. The summed E-state index contributed by atoms with van der Waals surface area (Å²) in [6, 6.07) is 10.5. The van der Waals surface area contributed by atoms with Crippen molar-refractivity contribution in [3.63, 3.8) is 0 Å². The summed E-state index contributed by atoms with van der Waals surface area (Å²) in [5.41, 5.74) is 4.82. The van der Waals surface area contributed by atoms with E-state index in [4.69, 9.17) is 4.74 Å². The van der Waals surface area contributed by atoms with E-state index in [0.717, 1.165) is 22.3 Å². The lowest BCUT2D eigenvalue weighted by atomic mass is 9.96. The van der Waals surface area contributed by atoms with Crippen LogP contribution in [-0.4, -0.2) is 23.8 Å². The van der Waals surface area contributed by atoms with Crippen LogP contribution in [0.25, 0.3) is 0 Å². The molecule has 5 heteroatoms. The number of carbonyl (C=O) groups is 3. The number of amides is 1.